The van der Waals surface area contributed by atoms with Gasteiger partial charge in [-0.05, 0) is 75.3 Å². The van der Waals surface area contributed by atoms with Crippen LogP contribution in [0.4, 0.5) is 0 Å². The zero-order valence-corrected chi connectivity index (χ0v) is 35.4. The molecule has 3 aliphatic heterocycles. The standard InChI is InChI=1S/C42H48N7O5S2Si/c1-5-48-31-12-11-24-17-26(31)28(35(48)25-9-6-15-44-34(25)36(53-4)32-21-55-32)19-41(2,3)23-54-39(51)29-10-7-16-49(47-29)38(50)27(18-33-45-30(24)20-56-33)37(57)46-40(52)42(22-43)13-8-14-42/h6,9,11-12,15,17,20,27,29,32,36-37,47H,5,7-8,10,13-14,16,18-19,21,23H2,1-4H3,(H,46,52)/t27-,29+,32?,36+,37-/m1/s1. The van der Waals surface area contributed by atoms with E-state index in [4.69, 9.17) is 19.4 Å². The van der Waals surface area contributed by atoms with Gasteiger partial charge in [-0.25, -0.2) is 10.4 Å². The first kappa shape index (κ1) is 39.7. The molecule has 15 heteroatoms. The Balaban J connectivity index is 1.23. The number of thioether (sulfide) groups is 1. The fourth-order valence-electron chi connectivity index (χ4n) is 8.50. The third-order valence-electron chi connectivity index (χ3n) is 11.9. The summed E-state index contributed by atoms with van der Waals surface area (Å²) in [5.41, 5.74) is 7.84. The Hall–Kier alpha value is -4.07. The van der Waals surface area contributed by atoms with Crippen molar-refractivity contribution in [2.75, 3.05) is 26.0 Å². The number of rotatable bonds is 8. The number of benzene rings is 1. The van der Waals surface area contributed by atoms with Crippen molar-refractivity contribution in [1.82, 2.24) is 30.3 Å². The summed E-state index contributed by atoms with van der Waals surface area (Å²) < 4.78 is 14.5. The van der Waals surface area contributed by atoms with Gasteiger partial charge in [0.2, 0.25) is 11.8 Å². The summed E-state index contributed by atoms with van der Waals surface area (Å²) in [6, 6.07) is 12.1. The lowest BCUT2D eigenvalue weighted by Crippen LogP contribution is -2.60. The molecular formula is C42H48N7O5S2Si. The van der Waals surface area contributed by atoms with E-state index in [2.05, 4.69) is 76.7 Å². The third kappa shape index (κ3) is 7.67. The zero-order valence-electron chi connectivity index (χ0n) is 32.8. The van der Waals surface area contributed by atoms with E-state index in [1.54, 1.807) is 7.11 Å². The zero-order chi connectivity index (χ0) is 40.1. The number of thiazole rings is 1. The van der Waals surface area contributed by atoms with Crippen LogP contribution in [0.15, 0.2) is 41.9 Å². The highest BCUT2D eigenvalue weighted by molar-refractivity contribution is 8.06. The van der Waals surface area contributed by atoms with Crippen molar-refractivity contribution < 1.29 is 23.9 Å². The summed E-state index contributed by atoms with van der Waals surface area (Å²) in [5.74, 6) is -0.829. The quantitative estimate of drug-likeness (QED) is 0.128. The molecule has 1 unspecified atom stereocenters. The van der Waals surface area contributed by atoms with Gasteiger partial charge in [0, 0.05) is 82.3 Å². The second-order valence-corrected chi connectivity index (χ2v) is 19.3. The van der Waals surface area contributed by atoms with Crippen LogP contribution in [0.2, 0.25) is 0 Å². The van der Waals surface area contributed by atoms with Crippen molar-refractivity contribution >= 4 is 62.0 Å². The summed E-state index contributed by atoms with van der Waals surface area (Å²) in [5, 5.41) is 18.5. The molecule has 1 aliphatic carbocycles. The Morgan fingerprint density at radius 1 is 1.25 bits per heavy atom. The Labute approximate surface area is 344 Å². The highest BCUT2D eigenvalue weighted by atomic mass is 32.2. The maximum absolute atomic E-state index is 14.4. The number of cyclic esters (lactones) is 1. The summed E-state index contributed by atoms with van der Waals surface area (Å²) in [6.07, 6.45) is 5.44. The topological polar surface area (TPSA) is 151 Å². The lowest BCUT2D eigenvalue weighted by molar-refractivity contribution is -0.155. The van der Waals surface area contributed by atoms with Crippen molar-refractivity contribution in [3.63, 3.8) is 0 Å². The minimum atomic E-state index is -1.09. The number of hydrogen-bond donors (Lipinski definition) is 2. The van der Waals surface area contributed by atoms with E-state index in [0.717, 1.165) is 68.4 Å². The number of carbonyl (C=O) groups is 3. The number of nitriles is 1. The number of carbonyl (C=O) groups excluding carboxylic acids is 3. The van der Waals surface area contributed by atoms with Crippen LogP contribution in [0.25, 0.3) is 33.4 Å². The summed E-state index contributed by atoms with van der Waals surface area (Å²) in [4.78, 5) is 51.5. The molecule has 3 fully saturated rings. The van der Waals surface area contributed by atoms with Crippen molar-refractivity contribution in [1.29, 1.82) is 5.26 Å². The van der Waals surface area contributed by atoms with Crippen LogP contribution in [-0.4, -0.2) is 90.5 Å². The van der Waals surface area contributed by atoms with Crippen LogP contribution >= 0.6 is 23.1 Å². The molecule has 5 atom stereocenters. The highest BCUT2D eigenvalue weighted by Gasteiger charge is 2.46. The van der Waals surface area contributed by atoms with E-state index in [-0.39, 0.29) is 30.9 Å². The van der Waals surface area contributed by atoms with Crippen LogP contribution in [-0.2, 0) is 43.2 Å². The molecule has 2 amide bonds. The molecule has 2 N–H and O–H groups in total. The van der Waals surface area contributed by atoms with Gasteiger partial charge in [-0.2, -0.15) is 17.0 Å². The van der Waals surface area contributed by atoms with Crippen molar-refractivity contribution in [3.05, 3.63) is 58.2 Å². The van der Waals surface area contributed by atoms with Gasteiger partial charge >= 0.3 is 5.97 Å². The lowest BCUT2D eigenvalue weighted by Gasteiger charge is -2.38. The minimum Gasteiger partial charge on any atom is -0.464 e. The van der Waals surface area contributed by atoms with E-state index in [1.807, 2.05) is 29.4 Å². The first-order valence-corrected chi connectivity index (χ1v) is 22.3. The van der Waals surface area contributed by atoms with Gasteiger partial charge in [0.25, 0.3) is 0 Å². The van der Waals surface area contributed by atoms with Gasteiger partial charge in [-0.15, -0.1) is 11.3 Å². The van der Waals surface area contributed by atoms with Crippen LogP contribution < -0.4 is 10.7 Å². The molecule has 8 rings (SSSR count). The largest absolute Gasteiger partial charge is 0.464 e. The van der Waals surface area contributed by atoms with Crippen molar-refractivity contribution in [2.45, 2.75) is 95.3 Å². The molecule has 3 radical (unpaired) electrons. The summed E-state index contributed by atoms with van der Waals surface area (Å²) in [6.45, 7) is 7.69. The molecule has 1 saturated carbocycles. The van der Waals surface area contributed by atoms with E-state index in [0.29, 0.717) is 43.9 Å². The van der Waals surface area contributed by atoms with Gasteiger partial charge < -0.3 is 19.4 Å². The Morgan fingerprint density at radius 2 is 2.05 bits per heavy atom. The third-order valence-corrected chi connectivity index (χ3v) is 14.3. The van der Waals surface area contributed by atoms with E-state index in [1.165, 1.54) is 16.3 Å². The number of nitrogens with one attached hydrogen (secondary N) is 2. The van der Waals surface area contributed by atoms with Gasteiger partial charge in [0.15, 0.2) is 0 Å². The second-order valence-electron chi connectivity index (χ2n) is 16.5. The first-order chi connectivity index (χ1) is 27.5. The number of hydrogen-bond acceptors (Lipinski definition) is 11. The van der Waals surface area contributed by atoms with E-state index >= 15 is 0 Å². The average molecular weight is 823 g/mol. The summed E-state index contributed by atoms with van der Waals surface area (Å²) in [7, 11) is 5.46. The molecule has 6 bridgehead atoms. The smallest absolute Gasteiger partial charge is 0.324 e. The summed E-state index contributed by atoms with van der Waals surface area (Å²) >= 11 is 3.35. The van der Waals surface area contributed by atoms with E-state index < -0.39 is 34.4 Å². The minimum absolute atomic E-state index is 0.143. The maximum Gasteiger partial charge on any atom is 0.324 e. The Morgan fingerprint density at radius 3 is 2.75 bits per heavy atom. The average Bonchev–Trinajstić information content (AvgIpc) is 3.84. The molecule has 3 aromatic heterocycles. The van der Waals surface area contributed by atoms with Crippen LogP contribution in [0.3, 0.4) is 0 Å². The first-order valence-electron chi connectivity index (χ1n) is 19.8. The van der Waals surface area contributed by atoms with Gasteiger partial charge in [0.05, 0.1) is 50.9 Å². The molecular weight excluding hydrogens is 775 g/mol. The second kappa shape index (κ2) is 15.9. The van der Waals surface area contributed by atoms with Crippen molar-refractivity contribution in [2.24, 2.45) is 16.7 Å². The SMILES string of the molecule is CCn1c(-c2cccnc2[C@@H](OC)C2CS2)c2c3cc(ccc31)-c1csc(n1)C[C@H]([C@@H]([Si])NC(=O)C1(C#N)CCC1)C(=O)N1CCC[C@H](N1)C(=O)OCC(C)(C)C2. The van der Waals surface area contributed by atoms with E-state index in [9.17, 15) is 19.6 Å². The number of esters is 1. The number of amides is 2. The molecule has 297 valence electrons. The molecule has 6 heterocycles. The molecule has 12 nitrogen and oxygen atoms in total. The maximum atomic E-state index is 14.4. The van der Waals surface area contributed by atoms with Crippen LogP contribution in [0, 0.1) is 28.1 Å². The van der Waals surface area contributed by atoms with Gasteiger partial charge in [-0.1, -0.05) is 19.9 Å². The van der Waals surface area contributed by atoms with Crippen LogP contribution in [0.5, 0.6) is 0 Å². The Bertz CT molecular complexity index is 2240. The molecule has 57 heavy (non-hydrogen) atoms. The fraction of sp³-hybridized carbons (Fsp3) is 0.524. The molecule has 4 aliphatic rings. The number of methoxy groups -OCH3 is 1. The highest BCUT2D eigenvalue weighted by Crippen LogP contribution is 2.47. The van der Waals surface area contributed by atoms with Crippen LogP contribution in [0.1, 0.15) is 75.2 Å². The molecule has 2 saturated heterocycles. The van der Waals surface area contributed by atoms with Crippen molar-refractivity contribution in [3.8, 4) is 28.6 Å². The molecule has 0 spiro atoms. The number of nitrogens with zero attached hydrogens (tertiary/aromatic N) is 5. The number of pyridine rings is 1. The predicted octanol–water partition coefficient (Wildman–Crippen LogP) is 5.73. The van der Waals surface area contributed by atoms with Gasteiger partial charge in [-0.3, -0.25) is 24.4 Å². The van der Waals surface area contributed by atoms with Gasteiger partial charge in [0.1, 0.15) is 17.6 Å². The number of hydrazine groups is 1. The number of fused-ring (bicyclic) bond motifs is 6. The fourth-order valence-corrected chi connectivity index (χ4v) is 10.5. The number of aryl methyl sites for hydroxylation is 1. The molecule has 1 aromatic carbocycles. The Kier molecular flexibility index (Phi) is 11.1. The monoisotopic (exact) mass is 822 g/mol. The molecule has 4 aromatic rings. The number of aromatic nitrogens is 3. The lowest BCUT2D eigenvalue weighted by atomic mass is 9.69. The predicted molar refractivity (Wildman–Crippen MR) is 221 cm³/mol. The normalized spacial score (nSPS) is 24.1. The number of ether oxygens (including phenoxy) is 2.